The van der Waals surface area contributed by atoms with Crippen molar-refractivity contribution in [2.24, 2.45) is 0 Å². The number of nitrogens with zero attached hydrogens (tertiary/aromatic N) is 1. The van der Waals surface area contributed by atoms with Gasteiger partial charge >= 0.3 is 12.1 Å². The van der Waals surface area contributed by atoms with Crippen molar-refractivity contribution in [2.75, 3.05) is 0 Å². The van der Waals surface area contributed by atoms with E-state index < -0.39 is 24.2 Å². The van der Waals surface area contributed by atoms with Gasteiger partial charge in [0.05, 0.1) is 12.1 Å². The van der Waals surface area contributed by atoms with Crippen LogP contribution < -0.4 is 0 Å². The molecule has 1 amide bonds. The third kappa shape index (κ3) is 3.68. The predicted molar refractivity (Wildman–Crippen MR) is 104 cm³/mol. The third-order valence-electron chi connectivity index (χ3n) is 4.72. The van der Waals surface area contributed by atoms with E-state index in [4.69, 9.17) is 9.47 Å². The smallest absolute Gasteiger partial charge is 0.411 e. The molecule has 2 aromatic carbocycles. The Bertz CT molecular complexity index is 868. The second-order valence-corrected chi connectivity index (χ2v) is 6.96. The maximum absolute atomic E-state index is 12.8. The number of ether oxygens (including phenoxy) is 2. The molecule has 0 saturated carbocycles. The lowest BCUT2D eigenvalue weighted by atomic mass is 9.97. The number of benzene rings is 2. The minimum Gasteiger partial charge on any atom is -0.461 e. The molecule has 1 saturated heterocycles. The zero-order valence-electron chi connectivity index (χ0n) is 16.1. The first-order chi connectivity index (χ1) is 12.9. The van der Waals surface area contributed by atoms with Crippen molar-refractivity contribution < 1.29 is 19.1 Å². The highest BCUT2D eigenvalue weighted by Crippen LogP contribution is 2.35. The van der Waals surface area contributed by atoms with Gasteiger partial charge in [0, 0.05) is 0 Å². The Hall–Kier alpha value is -2.82. The van der Waals surface area contributed by atoms with Gasteiger partial charge in [0.25, 0.3) is 0 Å². The SMILES string of the molecule is C/C=C\C1OC(=O)N(C(C)c2cccc3ccccc23)C1C(=O)OC(C)C. The minimum atomic E-state index is -0.815. The van der Waals surface area contributed by atoms with Gasteiger partial charge in [0.15, 0.2) is 12.1 Å². The molecule has 3 atom stereocenters. The van der Waals surface area contributed by atoms with Crippen LogP contribution in [0.25, 0.3) is 10.8 Å². The number of amides is 1. The number of fused-ring (bicyclic) bond motifs is 1. The molecule has 0 aliphatic carbocycles. The van der Waals surface area contributed by atoms with Gasteiger partial charge in [0.2, 0.25) is 0 Å². The van der Waals surface area contributed by atoms with Crippen molar-refractivity contribution in [1.29, 1.82) is 0 Å². The quantitative estimate of drug-likeness (QED) is 0.572. The number of hydrogen-bond acceptors (Lipinski definition) is 4. The molecule has 0 N–H and O–H groups in total. The highest BCUT2D eigenvalue weighted by atomic mass is 16.6. The molecule has 5 nitrogen and oxygen atoms in total. The molecule has 1 aliphatic heterocycles. The number of esters is 1. The average molecular weight is 367 g/mol. The number of hydrogen-bond donors (Lipinski definition) is 0. The summed E-state index contributed by atoms with van der Waals surface area (Å²) >= 11 is 0. The van der Waals surface area contributed by atoms with Crippen LogP contribution in [0.2, 0.25) is 0 Å². The molecule has 2 aromatic rings. The van der Waals surface area contributed by atoms with E-state index in [2.05, 4.69) is 0 Å². The molecule has 0 bridgehead atoms. The summed E-state index contributed by atoms with van der Waals surface area (Å²) in [6.45, 7) is 7.32. The lowest BCUT2D eigenvalue weighted by Gasteiger charge is -2.29. The Kier molecular flexibility index (Phi) is 5.49. The van der Waals surface area contributed by atoms with Gasteiger partial charge in [-0.2, -0.15) is 0 Å². The number of allylic oxidation sites excluding steroid dienone is 1. The molecule has 3 rings (SSSR count). The van der Waals surface area contributed by atoms with Crippen LogP contribution in [-0.4, -0.2) is 35.2 Å². The van der Waals surface area contributed by atoms with Gasteiger partial charge in [-0.15, -0.1) is 0 Å². The average Bonchev–Trinajstić information content (AvgIpc) is 2.96. The molecule has 1 heterocycles. The second-order valence-electron chi connectivity index (χ2n) is 6.96. The fraction of sp³-hybridized carbons (Fsp3) is 0.364. The Balaban J connectivity index is 2.03. The molecule has 3 unspecified atom stereocenters. The molecule has 27 heavy (non-hydrogen) atoms. The standard InChI is InChI=1S/C22H25NO4/c1-5-9-19-20(21(24)26-14(2)3)23(22(25)27-19)15(4)17-13-8-11-16-10-6-7-12-18(16)17/h5-15,19-20H,1-4H3/b9-5-. The summed E-state index contributed by atoms with van der Waals surface area (Å²) in [5.74, 6) is -0.453. The zero-order valence-corrected chi connectivity index (χ0v) is 16.1. The lowest BCUT2D eigenvalue weighted by Crippen LogP contribution is -2.45. The summed E-state index contributed by atoms with van der Waals surface area (Å²) in [5.41, 5.74) is 0.966. The normalized spacial score (nSPS) is 21.1. The van der Waals surface area contributed by atoms with E-state index >= 15 is 0 Å². The van der Waals surface area contributed by atoms with Crippen LogP contribution in [-0.2, 0) is 14.3 Å². The predicted octanol–water partition coefficient (Wildman–Crippen LogP) is 4.62. The van der Waals surface area contributed by atoms with Gasteiger partial charge in [-0.25, -0.2) is 9.59 Å². The number of rotatable bonds is 5. The van der Waals surface area contributed by atoms with Crippen LogP contribution in [0.3, 0.4) is 0 Å². The van der Waals surface area contributed by atoms with Crippen LogP contribution in [0.15, 0.2) is 54.6 Å². The van der Waals surface area contributed by atoms with Crippen molar-refractivity contribution in [2.45, 2.75) is 52.0 Å². The van der Waals surface area contributed by atoms with E-state index in [1.807, 2.05) is 56.3 Å². The maximum Gasteiger partial charge on any atom is 0.411 e. The fourth-order valence-electron chi connectivity index (χ4n) is 3.56. The first-order valence-electron chi connectivity index (χ1n) is 9.24. The van der Waals surface area contributed by atoms with Gasteiger partial charge in [-0.1, -0.05) is 48.5 Å². The van der Waals surface area contributed by atoms with E-state index in [1.54, 1.807) is 26.0 Å². The van der Waals surface area contributed by atoms with Crippen LogP contribution >= 0.6 is 0 Å². The molecule has 0 radical (unpaired) electrons. The number of carbonyl (C=O) groups is 2. The second kappa shape index (κ2) is 7.82. The molecule has 5 heteroatoms. The van der Waals surface area contributed by atoms with Crippen LogP contribution in [0.4, 0.5) is 4.79 Å². The monoisotopic (exact) mass is 367 g/mol. The Morgan fingerprint density at radius 1 is 1.15 bits per heavy atom. The van der Waals surface area contributed by atoms with E-state index in [-0.39, 0.29) is 12.1 Å². The maximum atomic E-state index is 12.8. The highest BCUT2D eigenvalue weighted by molar-refractivity contribution is 5.89. The van der Waals surface area contributed by atoms with Crippen LogP contribution in [0.1, 0.15) is 39.3 Å². The van der Waals surface area contributed by atoms with Crippen molar-refractivity contribution in [1.82, 2.24) is 4.90 Å². The molecular weight excluding hydrogens is 342 g/mol. The Labute approximate surface area is 159 Å². The van der Waals surface area contributed by atoms with Crippen LogP contribution in [0, 0.1) is 0 Å². The molecule has 0 aromatic heterocycles. The fourth-order valence-corrected chi connectivity index (χ4v) is 3.56. The summed E-state index contributed by atoms with van der Waals surface area (Å²) in [5, 5.41) is 2.13. The summed E-state index contributed by atoms with van der Waals surface area (Å²) in [4.78, 5) is 26.9. The van der Waals surface area contributed by atoms with Crippen LogP contribution in [0.5, 0.6) is 0 Å². The Morgan fingerprint density at radius 2 is 1.85 bits per heavy atom. The first kappa shape index (κ1) is 19.0. The molecule has 142 valence electrons. The first-order valence-corrected chi connectivity index (χ1v) is 9.24. The van der Waals surface area contributed by atoms with E-state index in [9.17, 15) is 9.59 Å². The van der Waals surface area contributed by atoms with Gasteiger partial charge in [0.1, 0.15) is 0 Å². The van der Waals surface area contributed by atoms with E-state index in [0.717, 1.165) is 16.3 Å². The van der Waals surface area contributed by atoms with E-state index in [0.29, 0.717) is 0 Å². The summed E-state index contributed by atoms with van der Waals surface area (Å²) in [7, 11) is 0. The number of carbonyl (C=O) groups excluding carboxylic acids is 2. The van der Waals surface area contributed by atoms with Gasteiger partial charge in [-0.3, -0.25) is 4.90 Å². The summed E-state index contributed by atoms with van der Waals surface area (Å²) in [6.07, 6.45) is 2.06. The molecule has 1 aliphatic rings. The minimum absolute atomic E-state index is 0.269. The van der Waals surface area contributed by atoms with E-state index in [1.165, 1.54) is 4.90 Å². The molecule has 0 spiro atoms. The van der Waals surface area contributed by atoms with Gasteiger partial charge in [-0.05, 0) is 50.1 Å². The topological polar surface area (TPSA) is 55.8 Å². The largest absolute Gasteiger partial charge is 0.461 e. The van der Waals surface area contributed by atoms with Crippen molar-refractivity contribution in [3.05, 3.63) is 60.2 Å². The van der Waals surface area contributed by atoms with Crippen molar-refractivity contribution >= 4 is 22.8 Å². The van der Waals surface area contributed by atoms with Crippen molar-refractivity contribution in [3.63, 3.8) is 0 Å². The zero-order chi connectivity index (χ0) is 19.6. The Morgan fingerprint density at radius 3 is 2.56 bits per heavy atom. The lowest BCUT2D eigenvalue weighted by molar-refractivity contribution is -0.153. The highest BCUT2D eigenvalue weighted by Gasteiger charge is 2.48. The number of cyclic esters (lactones) is 1. The molecule has 1 fully saturated rings. The third-order valence-corrected chi connectivity index (χ3v) is 4.72. The molecular formula is C22H25NO4. The van der Waals surface area contributed by atoms with Gasteiger partial charge < -0.3 is 9.47 Å². The summed E-state index contributed by atoms with van der Waals surface area (Å²) < 4.78 is 10.9. The van der Waals surface area contributed by atoms with Crippen molar-refractivity contribution in [3.8, 4) is 0 Å². The summed E-state index contributed by atoms with van der Waals surface area (Å²) in [6, 6.07) is 12.8.